The number of carbonyl (C=O) groups is 4. The topological polar surface area (TPSA) is 105 Å². The molecule has 8 heteroatoms. The zero-order valence-electron chi connectivity index (χ0n) is 59.4. The third-order valence-electron chi connectivity index (χ3n) is 20.9. The van der Waals surface area contributed by atoms with Gasteiger partial charge in [-0.1, -0.05) is 296 Å². The highest BCUT2D eigenvalue weighted by molar-refractivity contribution is 5.70. The largest absolute Gasteiger partial charge is 0.466 e. The molecule has 1 saturated carbocycles. The second-order valence-electron chi connectivity index (χ2n) is 28.0. The van der Waals surface area contributed by atoms with Gasteiger partial charge in [0.15, 0.2) is 0 Å². The summed E-state index contributed by atoms with van der Waals surface area (Å²) in [6.07, 6.45) is 79.6. The van der Waals surface area contributed by atoms with Gasteiger partial charge in [0, 0.05) is 25.7 Å². The molecule has 1 rings (SSSR count). The minimum absolute atomic E-state index is 0.0345. The van der Waals surface area contributed by atoms with Gasteiger partial charge in [-0.3, -0.25) is 19.2 Å². The Morgan fingerprint density at radius 1 is 0.218 bits per heavy atom. The van der Waals surface area contributed by atoms with Crippen molar-refractivity contribution in [3.05, 3.63) is 0 Å². The molecule has 87 heavy (non-hydrogen) atoms. The van der Waals surface area contributed by atoms with E-state index in [1.807, 2.05) is 27.7 Å². The van der Waals surface area contributed by atoms with E-state index in [1.165, 1.54) is 321 Å². The van der Waals surface area contributed by atoms with E-state index in [-0.39, 0.29) is 23.9 Å². The molecule has 1 aliphatic carbocycles. The van der Waals surface area contributed by atoms with Crippen LogP contribution < -0.4 is 0 Å². The predicted octanol–water partition coefficient (Wildman–Crippen LogP) is 25.4. The first kappa shape index (κ1) is 82.9. The van der Waals surface area contributed by atoms with Crippen LogP contribution in [0.5, 0.6) is 0 Å². The quantitative estimate of drug-likeness (QED) is 0.0257. The molecule has 0 aromatic rings. The van der Waals surface area contributed by atoms with Crippen LogP contribution in [0.3, 0.4) is 0 Å². The van der Waals surface area contributed by atoms with Crippen molar-refractivity contribution in [1.29, 1.82) is 0 Å². The highest BCUT2D eigenvalue weighted by Crippen LogP contribution is 2.64. The Morgan fingerprint density at radius 2 is 0.391 bits per heavy atom. The van der Waals surface area contributed by atoms with Crippen LogP contribution in [0.1, 0.15) is 440 Å². The molecule has 0 atom stereocenters. The summed E-state index contributed by atoms with van der Waals surface area (Å²) in [6.45, 7) is 14.3. The number of unbranched alkanes of at least 4 members (excludes halogenated alkanes) is 42. The summed E-state index contributed by atoms with van der Waals surface area (Å²) in [7, 11) is 0. The number of hydrogen-bond acceptors (Lipinski definition) is 8. The third-order valence-corrected chi connectivity index (χ3v) is 20.9. The molecule has 0 heterocycles. The van der Waals surface area contributed by atoms with Crippen molar-refractivity contribution >= 4 is 23.9 Å². The lowest BCUT2D eigenvalue weighted by atomic mass is 9.52. The van der Waals surface area contributed by atoms with Gasteiger partial charge in [-0.2, -0.15) is 0 Å². The summed E-state index contributed by atoms with van der Waals surface area (Å²) in [4.78, 5) is 47.7. The average molecular weight is 1230 g/mol. The van der Waals surface area contributed by atoms with E-state index in [0.717, 1.165) is 51.4 Å². The van der Waals surface area contributed by atoms with Gasteiger partial charge in [-0.05, 0) is 134 Å². The second kappa shape index (κ2) is 60.1. The fourth-order valence-corrected chi connectivity index (χ4v) is 15.5. The molecule has 0 spiro atoms. The zero-order valence-corrected chi connectivity index (χ0v) is 59.4. The maximum atomic E-state index is 11.9. The minimum atomic E-state index is -0.0345. The van der Waals surface area contributed by atoms with Crippen LogP contribution in [0.15, 0.2) is 0 Å². The molecule has 0 saturated heterocycles. The molecule has 0 aromatic heterocycles. The fraction of sp³-hybridized carbons (Fsp3) is 0.949. The number of hydrogen-bond donors (Lipinski definition) is 0. The van der Waals surface area contributed by atoms with E-state index in [0.29, 0.717) is 68.4 Å². The summed E-state index contributed by atoms with van der Waals surface area (Å²) >= 11 is 0. The first-order valence-corrected chi connectivity index (χ1v) is 39.2. The van der Waals surface area contributed by atoms with Crippen molar-refractivity contribution in [2.45, 2.75) is 440 Å². The van der Waals surface area contributed by atoms with Crippen molar-refractivity contribution in [2.24, 2.45) is 16.2 Å². The van der Waals surface area contributed by atoms with Gasteiger partial charge in [0.2, 0.25) is 0 Å². The van der Waals surface area contributed by atoms with Crippen LogP contribution >= 0.6 is 0 Å². The summed E-state index contributed by atoms with van der Waals surface area (Å²) in [6, 6.07) is 0. The SMILES string of the molecule is CCCCCCCCC1(CCCCCCCC)CCC(CCCCCCCCCCCC(=O)OCC)(CCCCCCCCCCCC(=O)OCC)C(CCCCCCCCCCCC(=O)OCC)(CCCCCCCCCCCC(=O)OCC)CC1. The van der Waals surface area contributed by atoms with E-state index in [1.54, 1.807) is 0 Å². The maximum Gasteiger partial charge on any atom is 0.305 e. The number of rotatable bonds is 66. The van der Waals surface area contributed by atoms with Crippen LogP contribution in [0.25, 0.3) is 0 Å². The van der Waals surface area contributed by atoms with Crippen molar-refractivity contribution < 1.29 is 38.1 Å². The number of carbonyl (C=O) groups excluding carboxylic acids is 4. The highest BCUT2D eigenvalue weighted by atomic mass is 16.5. The number of esters is 4. The summed E-state index contributed by atoms with van der Waals surface area (Å²) in [5, 5.41) is 0. The maximum absolute atomic E-state index is 11.9. The molecular weight excluding hydrogens is 1080 g/mol. The molecule has 8 nitrogen and oxygen atoms in total. The van der Waals surface area contributed by atoms with Crippen molar-refractivity contribution in [3.63, 3.8) is 0 Å². The van der Waals surface area contributed by atoms with Crippen molar-refractivity contribution in [2.75, 3.05) is 26.4 Å². The van der Waals surface area contributed by atoms with E-state index in [4.69, 9.17) is 18.9 Å². The molecule has 0 bridgehead atoms. The second-order valence-corrected chi connectivity index (χ2v) is 28.0. The van der Waals surface area contributed by atoms with Crippen molar-refractivity contribution in [3.8, 4) is 0 Å². The third kappa shape index (κ3) is 45.7. The van der Waals surface area contributed by atoms with Gasteiger partial charge in [0.25, 0.3) is 0 Å². The van der Waals surface area contributed by atoms with Gasteiger partial charge in [-0.25, -0.2) is 0 Å². The fourth-order valence-electron chi connectivity index (χ4n) is 15.5. The van der Waals surface area contributed by atoms with Crippen LogP contribution in [-0.2, 0) is 38.1 Å². The van der Waals surface area contributed by atoms with Crippen LogP contribution in [-0.4, -0.2) is 50.3 Å². The van der Waals surface area contributed by atoms with E-state index in [2.05, 4.69) is 13.8 Å². The standard InChI is InChI=1S/C79H150O8/c1-7-13-15-17-43-53-63-77(64-54-44-18-16-14-8-2)69-71-78(65-55-45-35-27-19-23-31-39-49-59-73(80)84-9-3,66-56-46-36-28-20-24-32-40-50-60-74(81)85-10-4)79(72-70-77,67-57-47-37-29-21-25-33-41-51-61-75(82)86-11-5)68-58-48-38-30-22-26-34-42-52-62-76(83)87-12-6/h7-72H2,1-6H3. The first-order valence-electron chi connectivity index (χ1n) is 39.2. The van der Waals surface area contributed by atoms with Gasteiger partial charge >= 0.3 is 23.9 Å². The lowest BCUT2D eigenvalue weighted by Crippen LogP contribution is -2.42. The Kier molecular flexibility index (Phi) is 57.3. The molecule has 1 aliphatic rings. The molecular formula is C79H150O8. The molecule has 0 unspecified atom stereocenters. The van der Waals surface area contributed by atoms with E-state index in [9.17, 15) is 19.2 Å². The van der Waals surface area contributed by atoms with Gasteiger partial charge in [-0.15, -0.1) is 0 Å². The summed E-state index contributed by atoms with van der Waals surface area (Å²) in [5.74, 6) is -0.138. The lowest BCUT2D eigenvalue weighted by Gasteiger charge is -2.52. The van der Waals surface area contributed by atoms with Crippen LogP contribution in [0, 0.1) is 16.2 Å². The van der Waals surface area contributed by atoms with Gasteiger partial charge < -0.3 is 18.9 Å². The lowest BCUT2D eigenvalue weighted by molar-refractivity contribution is -0.144. The van der Waals surface area contributed by atoms with Crippen molar-refractivity contribution in [1.82, 2.24) is 0 Å². The van der Waals surface area contributed by atoms with Gasteiger partial charge in [0.1, 0.15) is 0 Å². The smallest absolute Gasteiger partial charge is 0.305 e. The Bertz CT molecular complexity index is 1350. The van der Waals surface area contributed by atoms with E-state index >= 15 is 0 Å². The Morgan fingerprint density at radius 3 is 0.586 bits per heavy atom. The average Bonchev–Trinajstić information content (AvgIpc) is 2.30. The first-order chi connectivity index (χ1) is 42.6. The molecule has 1 fully saturated rings. The Balaban J connectivity index is 3.55. The Hall–Kier alpha value is -2.12. The normalized spacial score (nSPS) is 14.5. The van der Waals surface area contributed by atoms with E-state index < -0.39 is 0 Å². The molecule has 0 aromatic carbocycles. The summed E-state index contributed by atoms with van der Waals surface area (Å²) in [5.41, 5.74) is 1.34. The van der Waals surface area contributed by atoms with Gasteiger partial charge in [0.05, 0.1) is 26.4 Å². The molecule has 0 radical (unpaired) electrons. The molecule has 0 N–H and O–H groups in total. The highest BCUT2D eigenvalue weighted by Gasteiger charge is 2.52. The van der Waals surface area contributed by atoms with Crippen LogP contribution in [0.2, 0.25) is 0 Å². The minimum Gasteiger partial charge on any atom is -0.466 e. The molecule has 514 valence electrons. The summed E-state index contributed by atoms with van der Waals surface area (Å²) < 4.78 is 20.7. The van der Waals surface area contributed by atoms with Crippen LogP contribution in [0.4, 0.5) is 0 Å². The molecule has 0 aliphatic heterocycles. The monoisotopic (exact) mass is 1230 g/mol. The Labute approximate surface area is 541 Å². The number of ether oxygens (including phenoxy) is 4. The predicted molar refractivity (Wildman–Crippen MR) is 371 cm³/mol. The molecule has 0 amide bonds. The zero-order chi connectivity index (χ0) is 63.3.